The summed E-state index contributed by atoms with van der Waals surface area (Å²) < 4.78 is 16.0. The predicted molar refractivity (Wildman–Crippen MR) is 96.7 cm³/mol. The maximum atomic E-state index is 11.9. The van der Waals surface area contributed by atoms with Crippen molar-refractivity contribution in [2.24, 2.45) is 0 Å². The van der Waals surface area contributed by atoms with E-state index in [1.165, 1.54) is 13.8 Å². The number of aliphatic carboxylic acids is 1. The van der Waals surface area contributed by atoms with Gasteiger partial charge in [-0.2, -0.15) is 0 Å². The molecule has 1 aliphatic heterocycles. The van der Waals surface area contributed by atoms with E-state index < -0.39 is 73.0 Å². The Morgan fingerprint density at radius 2 is 1.76 bits per heavy atom. The number of carbonyl (C=O) groups excluding carboxylic acids is 2. The molecular weight excluding hydrogens is 392 g/mol. The Kier molecular flexibility index (Phi) is 8.78. The molecule has 1 saturated heterocycles. The van der Waals surface area contributed by atoms with Crippen LogP contribution in [0.15, 0.2) is 0 Å². The van der Waals surface area contributed by atoms with Gasteiger partial charge in [-0.25, -0.2) is 9.59 Å². The highest BCUT2D eigenvalue weighted by Gasteiger charge is 2.46. The first kappa shape index (κ1) is 25.0. The van der Waals surface area contributed by atoms with Gasteiger partial charge in [0.25, 0.3) is 0 Å². The molecule has 6 N–H and O–H groups in total. The second-order valence-electron chi connectivity index (χ2n) is 7.74. The normalized spacial score (nSPS) is 29.4. The molecule has 0 bridgehead atoms. The van der Waals surface area contributed by atoms with Crippen molar-refractivity contribution in [1.29, 1.82) is 0 Å². The molecule has 2 amide bonds. The molecule has 1 rings (SSSR count). The van der Waals surface area contributed by atoms with Crippen LogP contribution >= 0.6 is 0 Å². The average Bonchev–Trinajstić information content (AvgIpc) is 2.56. The number of amides is 2. The highest BCUT2D eigenvalue weighted by Crippen LogP contribution is 2.24. The number of rotatable bonds is 7. The lowest BCUT2D eigenvalue weighted by molar-refractivity contribution is -0.282. The van der Waals surface area contributed by atoms with Crippen LogP contribution < -0.4 is 10.6 Å². The number of aliphatic hydroxyl groups is 3. The zero-order valence-corrected chi connectivity index (χ0v) is 17.0. The van der Waals surface area contributed by atoms with Crippen LogP contribution in [0.4, 0.5) is 4.79 Å². The largest absolute Gasteiger partial charge is 0.480 e. The van der Waals surface area contributed by atoms with E-state index in [0.717, 1.165) is 0 Å². The number of ether oxygens (including phenoxy) is 3. The number of hydrogen-bond acceptors (Lipinski definition) is 9. The molecule has 7 atom stereocenters. The summed E-state index contributed by atoms with van der Waals surface area (Å²) in [6, 6.07) is -2.80. The van der Waals surface area contributed by atoms with Gasteiger partial charge in [-0.1, -0.05) is 0 Å². The standard InChI is InChI=1S/C17H30N2O10/c1-7(10(14(24)25)19-16(26)29-17(3,4)5)27-15-11(18-8(2)21)13(23)12(22)9(6-20)28-15/h7,9-13,15,20,22-23H,6H2,1-5H3,(H,18,21)(H,19,26)(H,24,25)/t7-,9-,10+,11-,12-,13-,15+/m1/s1. The van der Waals surface area contributed by atoms with Gasteiger partial charge in [0, 0.05) is 6.92 Å². The van der Waals surface area contributed by atoms with Gasteiger partial charge in [0.2, 0.25) is 5.91 Å². The van der Waals surface area contributed by atoms with Crippen molar-refractivity contribution in [1.82, 2.24) is 10.6 Å². The van der Waals surface area contributed by atoms with Crippen molar-refractivity contribution in [3.63, 3.8) is 0 Å². The number of nitrogens with one attached hydrogen (secondary N) is 2. The summed E-state index contributed by atoms with van der Waals surface area (Å²) in [6.45, 7) is 6.67. The first-order valence-corrected chi connectivity index (χ1v) is 9.04. The van der Waals surface area contributed by atoms with Crippen LogP contribution in [0.1, 0.15) is 34.6 Å². The SMILES string of the molecule is CC(=O)N[C@H]1[C@@H](O[C@H](C)[C@H](NC(=O)OC(C)(C)C)C(=O)O)O[C@H](CO)[C@@H](O)[C@@H]1O. The lowest BCUT2D eigenvalue weighted by Crippen LogP contribution is -2.65. The fraction of sp³-hybridized carbons (Fsp3) is 0.824. The second kappa shape index (κ2) is 10.2. The summed E-state index contributed by atoms with van der Waals surface area (Å²) in [5.41, 5.74) is -0.852. The molecule has 1 heterocycles. The summed E-state index contributed by atoms with van der Waals surface area (Å²) >= 11 is 0. The highest BCUT2D eigenvalue weighted by molar-refractivity contribution is 5.80. The van der Waals surface area contributed by atoms with Crippen LogP contribution in [0, 0.1) is 0 Å². The molecule has 0 saturated carbocycles. The third-order valence-electron chi connectivity index (χ3n) is 4.01. The molecular formula is C17H30N2O10. The van der Waals surface area contributed by atoms with E-state index in [1.807, 2.05) is 0 Å². The topological polar surface area (TPSA) is 184 Å². The molecule has 0 aromatic rings. The molecule has 12 nitrogen and oxygen atoms in total. The van der Waals surface area contributed by atoms with Crippen LogP contribution in [-0.2, 0) is 23.8 Å². The van der Waals surface area contributed by atoms with E-state index in [1.54, 1.807) is 20.8 Å². The Bertz CT molecular complexity index is 593. The molecule has 1 aliphatic rings. The van der Waals surface area contributed by atoms with E-state index in [2.05, 4.69) is 10.6 Å². The second-order valence-corrected chi connectivity index (χ2v) is 7.74. The van der Waals surface area contributed by atoms with E-state index >= 15 is 0 Å². The maximum Gasteiger partial charge on any atom is 0.408 e. The van der Waals surface area contributed by atoms with E-state index in [-0.39, 0.29) is 0 Å². The smallest absolute Gasteiger partial charge is 0.408 e. The van der Waals surface area contributed by atoms with Crippen LogP contribution in [0.5, 0.6) is 0 Å². The minimum atomic E-state index is -1.55. The molecule has 0 aliphatic carbocycles. The number of carboxylic acids is 1. The lowest BCUT2D eigenvalue weighted by Gasteiger charge is -2.43. The molecule has 0 aromatic heterocycles. The first-order chi connectivity index (χ1) is 13.3. The van der Waals surface area contributed by atoms with Crippen LogP contribution in [0.25, 0.3) is 0 Å². The van der Waals surface area contributed by atoms with E-state index in [9.17, 15) is 34.8 Å². The van der Waals surface area contributed by atoms with Gasteiger partial charge in [0.1, 0.15) is 30.0 Å². The Morgan fingerprint density at radius 1 is 1.17 bits per heavy atom. The third kappa shape index (κ3) is 7.40. The van der Waals surface area contributed by atoms with Crippen molar-refractivity contribution in [3.05, 3.63) is 0 Å². The highest BCUT2D eigenvalue weighted by atomic mass is 16.7. The van der Waals surface area contributed by atoms with Crippen LogP contribution in [0.3, 0.4) is 0 Å². The quantitative estimate of drug-likeness (QED) is 0.277. The minimum absolute atomic E-state index is 0.560. The van der Waals surface area contributed by atoms with Gasteiger partial charge in [-0.15, -0.1) is 0 Å². The summed E-state index contributed by atoms with van der Waals surface area (Å²) in [4.78, 5) is 35.0. The summed E-state index contributed by atoms with van der Waals surface area (Å²) in [7, 11) is 0. The Hall–Kier alpha value is -1.99. The van der Waals surface area contributed by atoms with Gasteiger partial charge in [0.05, 0.1) is 12.7 Å². The zero-order valence-electron chi connectivity index (χ0n) is 17.0. The van der Waals surface area contributed by atoms with Crippen molar-refractivity contribution < 1.29 is 49.0 Å². The molecule has 168 valence electrons. The average molecular weight is 422 g/mol. The predicted octanol–water partition coefficient (Wildman–Crippen LogP) is -1.69. The summed E-state index contributed by atoms with van der Waals surface area (Å²) in [6.07, 6.45) is -7.89. The summed E-state index contributed by atoms with van der Waals surface area (Å²) in [5.74, 6) is -1.98. The number of alkyl carbamates (subject to hydrolysis) is 1. The van der Waals surface area contributed by atoms with E-state index in [0.29, 0.717) is 0 Å². The molecule has 0 radical (unpaired) electrons. The number of aliphatic hydroxyl groups excluding tert-OH is 3. The van der Waals surface area contributed by atoms with Gasteiger partial charge in [-0.05, 0) is 27.7 Å². The lowest BCUT2D eigenvalue weighted by atomic mass is 9.96. The van der Waals surface area contributed by atoms with Gasteiger partial charge in [-0.3, -0.25) is 4.79 Å². The number of hydrogen-bond donors (Lipinski definition) is 6. The maximum absolute atomic E-state index is 11.9. The zero-order chi connectivity index (χ0) is 22.5. The molecule has 0 aromatic carbocycles. The van der Waals surface area contributed by atoms with Crippen molar-refractivity contribution in [2.45, 2.75) is 83.0 Å². The minimum Gasteiger partial charge on any atom is -0.480 e. The van der Waals surface area contributed by atoms with Gasteiger partial charge >= 0.3 is 12.1 Å². The first-order valence-electron chi connectivity index (χ1n) is 9.04. The molecule has 0 unspecified atom stereocenters. The Morgan fingerprint density at radius 3 is 2.21 bits per heavy atom. The van der Waals surface area contributed by atoms with Crippen molar-refractivity contribution in [3.8, 4) is 0 Å². The molecule has 29 heavy (non-hydrogen) atoms. The fourth-order valence-corrected chi connectivity index (χ4v) is 2.69. The van der Waals surface area contributed by atoms with Crippen molar-refractivity contribution in [2.75, 3.05) is 6.61 Å². The summed E-state index contributed by atoms with van der Waals surface area (Å²) in [5, 5.41) is 43.5. The fourth-order valence-electron chi connectivity index (χ4n) is 2.69. The van der Waals surface area contributed by atoms with Gasteiger partial charge < -0.3 is 45.3 Å². The number of carboxylic acid groups (broad SMARTS) is 1. The van der Waals surface area contributed by atoms with Crippen molar-refractivity contribution >= 4 is 18.0 Å². The molecule has 0 spiro atoms. The molecule has 1 fully saturated rings. The van der Waals surface area contributed by atoms with Crippen LogP contribution in [0.2, 0.25) is 0 Å². The Labute approximate surface area is 168 Å². The number of carbonyl (C=O) groups is 3. The third-order valence-corrected chi connectivity index (χ3v) is 4.01. The van der Waals surface area contributed by atoms with Gasteiger partial charge in [0.15, 0.2) is 12.3 Å². The molecule has 12 heteroatoms. The van der Waals surface area contributed by atoms with E-state index in [4.69, 9.17) is 14.2 Å². The monoisotopic (exact) mass is 422 g/mol. The Balaban J connectivity index is 2.96. The van der Waals surface area contributed by atoms with Crippen LogP contribution in [-0.4, -0.2) is 93.4 Å².